The zero-order valence-corrected chi connectivity index (χ0v) is 10.3. The third kappa shape index (κ3) is 2.33. The molecule has 2 nitrogen and oxygen atoms in total. The Bertz CT molecular complexity index is 363. The number of hydrogen-bond donors (Lipinski definition) is 1. The lowest BCUT2D eigenvalue weighted by Crippen LogP contribution is -2.38. The highest BCUT2D eigenvalue weighted by molar-refractivity contribution is 5.98. The van der Waals surface area contributed by atoms with E-state index in [1.807, 2.05) is 13.0 Å². The number of carbonyl (C=O) groups excluding carboxylic acids is 1. The molecule has 0 radical (unpaired) electrons. The summed E-state index contributed by atoms with van der Waals surface area (Å²) in [7, 11) is 0. The molecule has 0 amide bonds. The lowest BCUT2D eigenvalue weighted by Gasteiger charge is -2.33. The monoisotopic (exact) mass is 220 g/mol. The van der Waals surface area contributed by atoms with E-state index in [1.54, 1.807) is 13.8 Å². The SMILES string of the molecule is C=C(C)[C@H]1CC=C(C)C(=O)[C@@H]1[C@@H](O)C(=C)C. The van der Waals surface area contributed by atoms with E-state index < -0.39 is 12.0 Å². The molecular weight excluding hydrogens is 200 g/mol. The maximum absolute atomic E-state index is 12.1. The van der Waals surface area contributed by atoms with Crippen LogP contribution in [0.25, 0.3) is 0 Å². The Balaban J connectivity index is 3.08. The fourth-order valence-electron chi connectivity index (χ4n) is 2.17. The van der Waals surface area contributed by atoms with Crippen LogP contribution in [0, 0.1) is 11.8 Å². The van der Waals surface area contributed by atoms with Gasteiger partial charge in [-0.25, -0.2) is 0 Å². The number of Topliss-reactive ketones (excluding diaryl/α,β-unsaturated/α-hetero) is 1. The van der Waals surface area contributed by atoms with Crippen LogP contribution in [-0.4, -0.2) is 17.0 Å². The summed E-state index contributed by atoms with van der Waals surface area (Å²) in [5.41, 5.74) is 2.32. The van der Waals surface area contributed by atoms with Crippen molar-refractivity contribution in [2.45, 2.75) is 33.3 Å². The van der Waals surface area contributed by atoms with Gasteiger partial charge in [-0.15, -0.1) is 0 Å². The quantitative estimate of drug-likeness (QED) is 0.742. The molecule has 1 N–H and O–H groups in total. The molecule has 1 aliphatic carbocycles. The molecule has 16 heavy (non-hydrogen) atoms. The first kappa shape index (κ1) is 12.9. The number of aliphatic hydroxyl groups excluding tert-OH is 1. The summed E-state index contributed by atoms with van der Waals surface area (Å²) in [6, 6.07) is 0. The molecule has 1 aliphatic rings. The third-order valence-electron chi connectivity index (χ3n) is 3.28. The summed E-state index contributed by atoms with van der Waals surface area (Å²) < 4.78 is 0. The van der Waals surface area contributed by atoms with Crippen LogP contribution in [0.15, 0.2) is 36.0 Å². The second kappa shape index (κ2) is 4.79. The van der Waals surface area contributed by atoms with E-state index in [-0.39, 0.29) is 11.7 Å². The van der Waals surface area contributed by atoms with E-state index >= 15 is 0 Å². The molecule has 0 aromatic rings. The Labute approximate surface area is 97.4 Å². The predicted molar refractivity (Wildman–Crippen MR) is 66.0 cm³/mol. The van der Waals surface area contributed by atoms with Gasteiger partial charge in [0.25, 0.3) is 0 Å². The van der Waals surface area contributed by atoms with Crippen LogP contribution in [0.5, 0.6) is 0 Å². The fourth-order valence-corrected chi connectivity index (χ4v) is 2.17. The molecule has 0 aromatic carbocycles. The van der Waals surface area contributed by atoms with Crippen molar-refractivity contribution in [2.24, 2.45) is 11.8 Å². The number of hydrogen-bond acceptors (Lipinski definition) is 2. The molecule has 2 heteroatoms. The first-order chi connectivity index (χ1) is 7.36. The zero-order chi connectivity index (χ0) is 12.5. The van der Waals surface area contributed by atoms with Gasteiger partial charge in [-0.3, -0.25) is 4.79 Å². The second-order valence-corrected chi connectivity index (χ2v) is 4.76. The number of allylic oxidation sites excluding steroid dienone is 3. The molecule has 0 spiro atoms. The van der Waals surface area contributed by atoms with Crippen molar-refractivity contribution in [2.75, 3.05) is 0 Å². The molecule has 0 fully saturated rings. The Morgan fingerprint density at radius 2 is 2.06 bits per heavy atom. The van der Waals surface area contributed by atoms with Crippen LogP contribution in [-0.2, 0) is 4.79 Å². The van der Waals surface area contributed by atoms with Gasteiger partial charge in [-0.2, -0.15) is 0 Å². The van der Waals surface area contributed by atoms with Crippen LogP contribution < -0.4 is 0 Å². The summed E-state index contributed by atoms with van der Waals surface area (Å²) >= 11 is 0. The Morgan fingerprint density at radius 1 is 1.50 bits per heavy atom. The summed E-state index contributed by atoms with van der Waals surface area (Å²) in [4.78, 5) is 12.1. The minimum Gasteiger partial charge on any atom is -0.388 e. The van der Waals surface area contributed by atoms with Crippen molar-refractivity contribution in [3.63, 3.8) is 0 Å². The van der Waals surface area contributed by atoms with E-state index in [9.17, 15) is 9.90 Å². The van der Waals surface area contributed by atoms with Crippen LogP contribution >= 0.6 is 0 Å². The van der Waals surface area contributed by atoms with Gasteiger partial charge in [0.05, 0.1) is 12.0 Å². The maximum atomic E-state index is 12.1. The van der Waals surface area contributed by atoms with Crippen LogP contribution in [0.4, 0.5) is 0 Å². The molecule has 3 atom stereocenters. The van der Waals surface area contributed by atoms with Crippen LogP contribution in [0.3, 0.4) is 0 Å². The van der Waals surface area contributed by atoms with Gasteiger partial charge in [0, 0.05) is 0 Å². The molecule has 0 aliphatic heterocycles. The van der Waals surface area contributed by atoms with E-state index in [1.165, 1.54) is 0 Å². The Hall–Kier alpha value is -1.15. The van der Waals surface area contributed by atoms with Gasteiger partial charge in [0.2, 0.25) is 0 Å². The average molecular weight is 220 g/mol. The van der Waals surface area contributed by atoms with Crippen molar-refractivity contribution in [1.29, 1.82) is 0 Å². The lowest BCUT2D eigenvalue weighted by atomic mass is 9.72. The van der Waals surface area contributed by atoms with Crippen LogP contribution in [0.2, 0.25) is 0 Å². The topological polar surface area (TPSA) is 37.3 Å². The highest BCUT2D eigenvalue weighted by atomic mass is 16.3. The smallest absolute Gasteiger partial charge is 0.164 e. The molecular formula is C14H20O2. The summed E-state index contributed by atoms with van der Waals surface area (Å²) in [6.45, 7) is 13.1. The van der Waals surface area contributed by atoms with Gasteiger partial charge in [-0.05, 0) is 38.7 Å². The molecule has 88 valence electrons. The third-order valence-corrected chi connectivity index (χ3v) is 3.28. The first-order valence-corrected chi connectivity index (χ1v) is 5.56. The largest absolute Gasteiger partial charge is 0.388 e. The highest BCUT2D eigenvalue weighted by Crippen LogP contribution is 2.35. The van der Waals surface area contributed by atoms with Gasteiger partial charge in [0.15, 0.2) is 5.78 Å². The van der Waals surface area contributed by atoms with Gasteiger partial charge >= 0.3 is 0 Å². The van der Waals surface area contributed by atoms with E-state index in [0.29, 0.717) is 5.57 Å². The number of ketones is 1. The number of rotatable bonds is 3. The standard InChI is InChI=1S/C14H20O2/c1-8(2)11-7-6-10(5)14(16)12(11)13(15)9(3)4/h6,11-13,15H,1,3,7H2,2,4-5H3/t11-,12+,13+/m1/s1. The number of carbonyl (C=O) groups is 1. The Kier molecular flexibility index (Phi) is 3.87. The lowest BCUT2D eigenvalue weighted by molar-refractivity contribution is -0.124. The van der Waals surface area contributed by atoms with Gasteiger partial charge < -0.3 is 5.11 Å². The van der Waals surface area contributed by atoms with E-state index in [0.717, 1.165) is 17.6 Å². The fraction of sp³-hybridized carbons (Fsp3) is 0.500. The molecule has 0 saturated carbocycles. The zero-order valence-electron chi connectivity index (χ0n) is 10.3. The van der Waals surface area contributed by atoms with Crippen molar-refractivity contribution in [3.8, 4) is 0 Å². The maximum Gasteiger partial charge on any atom is 0.164 e. The highest BCUT2D eigenvalue weighted by Gasteiger charge is 2.37. The molecule has 0 aromatic heterocycles. The van der Waals surface area contributed by atoms with Crippen molar-refractivity contribution in [3.05, 3.63) is 36.0 Å². The molecule has 0 saturated heterocycles. The van der Waals surface area contributed by atoms with Crippen LogP contribution in [0.1, 0.15) is 27.2 Å². The van der Waals surface area contributed by atoms with Crippen molar-refractivity contribution in [1.82, 2.24) is 0 Å². The summed E-state index contributed by atoms with van der Waals surface area (Å²) in [5, 5.41) is 10.1. The average Bonchev–Trinajstić information content (AvgIpc) is 2.20. The second-order valence-electron chi connectivity index (χ2n) is 4.76. The normalized spacial score (nSPS) is 27.2. The van der Waals surface area contributed by atoms with Gasteiger partial charge in [-0.1, -0.05) is 30.4 Å². The molecule has 0 unspecified atom stereocenters. The molecule has 1 rings (SSSR count). The number of aliphatic hydroxyl groups is 1. The minimum atomic E-state index is -0.766. The summed E-state index contributed by atoms with van der Waals surface area (Å²) in [5.74, 6) is -0.349. The first-order valence-electron chi connectivity index (χ1n) is 5.56. The minimum absolute atomic E-state index is 0.0229. The van der Waals surface area contributed by atoms with Crippen molar-refractivity contribution < 1.29 is 9.90 Å². The predicted octanol–water partition coefficient (Wildman–Crippen LogP) is 2.65. The Morgan fingerprint density at radius 3 is 2.50 bits per heavy atom. The van der Waals surface area contributed by atoms with Crippen molar-refractivity contribution >= 4 is 5.78 Å². The molecule has 0 bridgehead atoms. The van der Waals surface area contributed by atoms with E-state index in [4.69, 9.17) is 0 Å². The van der Waals surface area contributed by atoms with Gasteiger partial charge in [0.1, 0.15) is 0 Å². The molecule has 0 heterocycles. The summed E-state index contributed by atoms with van der Waals surface area (Å²) in [6.07, 6.45) is 1.95. The van der Waals surface area contributed by atoms with E-state index in [2.05, 4.69) is 13.2 Å².